The smallest absolute Gasteiger partial charge is 0.251 e. The highest BCUT2D eigenvalue weighted by molar-refractivity contribution is 5.94. The number of halogens is 3. The molecule has 0 fully saturated rings. The van der Waals surface area contributed by atoms with Gasteiger partial charge in [-0.05, 0) is 42.8 Å². The molecule has 1 atom stereocenters. The van der Waals surface area contributed by atoms with Crippen LogP contribution < -0.4 is 10.1 Å². The number of aliphatic hydroxyl groups excluding tert-OH is 1. The Morgan fingerprint density at radius 2 is 1.83 bits per heavy atom. The fourth-order valence-corrected chi connectivity index (χ4v) is 1.92. The van der Waals surface area contributed by atoms with Gasteiger partial charge in [0.2, 0.25) is 0 Å². The van der Waals surface area contributed by atoms with E-state index in [9.17, 15) is 23.1 Å². The Kier molecular flexibility index (Phi) is 5.81. The number of benzene rings is 2. The van der Waals surface area contributed by atoms with Crippen molar-refractivity contribution in [1.82, 2.24) is 5.32 Å². The van der Waals surface area contributed by atoms with Gasteiger partial charge >= 0.3 is 0 Å². The Labute approximate surface area is 136 Å². The maximum atomic E-state index is 13.2. The fraction of sp³-hybridized carbons (Fsp3) is 0.235. The van der Waals surface area contributed by atoms with Crippen molar-refractivity contribution in [3.63, 3.8) is 0 Å². The number of amides is 1. The van der Waals surface area contributed by atoms with E-state index in [0.29, 0.717) is 5.56 Å². The molecule has 7 heteroatoms. The van der Waals surface area contributed by atoms with E-state index >= 15 is 0 Å². The normalized spacial score (nSPS) is 11.9. The number of aliphatic hydroxyl groups is 1. The molecule has 128 valence electrons. The zero-order valence-corrected chi connectivity index (χ0v) is 12.9. The predicted molar refractivity (Wildman–Crippen MR) is 81.3 cm³/mol. The first-order valence-corrected chi connectivity index (χ1v) is 7.17. The number of ether oxygens (including phenoxy) is 1. The highest BCUT2D eigenvalue weighted by Gasteiger charge is 2.12. The first kappa shape index (κ1) is 17.8. The molecule has 0 saturated heterocycles. The molecule has 0 aliphatic heterocycles. The maximum absolute atomic E-state index is 13.2. The average Bonchev–Trinajstić information content (AvgIpc) is 2.56. The standard InChI is InChI=1S/C17H16F3NO3/c1-10-6-11(2-4-14(10)18)17(23)21-8-12(22)9-24-13-3-5-15(19)16(20)7-13/h2-7,12,22H,8-9H2,1H3,(H,21,23). The van der Waals surface area contributed by atoms with E-state index in [1.807, 2.05) is 0 Å². The van der Waals surface area contributed by atoms with Gasteiger partial charge in [0.15, 0.2) is 11.6 Å². The summed E-state index contributed by atoms with van der Waals surface area (Å²) in [7, 11) is 0. The SMILES string of the molecule is Cc1cc(C(=O)NCC(O)COc2ccc(F)c(F)c2)ccc1F. The van der Waals surface area contributed by atoms with Gasteiger partial charge in [-0.1, -0.05) is 0 Å². The van der Waals surface area contributed by atoms with Crippen LogP contribution in [0.1, 0.15) is 15.9 Å². The van der Waals surface area contributed by atoms with Gasteiger partial charge in [0.1, 0.15) is 24.3 Å². The van der Waals surface area contributed by atoms with Crippen LogP contribution in [0.4, 0.5) is 13.2 Å². The summed E-state index contributed by atoms with van der Waals surface area (Å²) in [6.45, 7) is 1.21. The Balaban J connectivity index is 1.81. The molecule has 0 radical (unpaired) electrons. The van der Waals surface area contributed by atoms with Crippen molar-refractivity contribution < 1.29 is 27.8 Å². The second-order valence-corrected chi connectivity index (χ2v) is 5.21. The Bertz CT molecular complexity index is 737. The second-order valence-electron chi connectivity index (χ2n) is 5.21. The van der Waals surface area contributed by atoms with Crippen LogP contribution in [0.15, 0.2) is 36.4 Å². The molecule has 0 bridgehead atoms. The third-order valence-electron chi connectivity index (χ3n) is 3.25. The molecule has 0 saturated carbocycles. The Morgan fingerprint density at radius 1 is 1.12 bits per heavy atom. The number of aryl methyl sites for hydroxylation is 1. The number of hydrogen-bond acceptors (Lipinski definition) is 3. The zero-order chi connectivity index (χ0) is 17.7. The molecule has 4 nitrogen and oxygen atoms in total. The summed E-state index contributed by atoms with van der Waals surface area (Å²) in [6.07, 6.45) is -1.05. The lowest BCUT2D eigenvalue weighted by Crippen LogP contribution is -2.35. The summed E-state index contributed by atoms with van der Waals surface area (Å²) in [4.78, 5) is 11.9. The van der Waals surface area contributed by atoms with Gasteiger partial charge in [0, 0.05) is 18.2 Å². The van der Waals surface area contributed by atoms with Crippen molar-refractivity contribution >= 4 is 5.91 Å². The summed E-state index contributed by atoms with van der Waals surface area (Å²) in [6, 6.07) is 6.92. The van der Waals surface area contributed by atoms with Gasteiger partial charge in [-0.25, -0.2) is 13.2 Å². The van der Waals surface area contributed by atoms with Crippen LogP contribution in [-0.4, -0.2) is 30.3 Å². The topological polar surface area (TPSA) is 58.6 Å². The number of nitrogens with one attached hydrogen (secondary N) is 1. The lowest BCUT2D eigenvalue weighted by atomic mass is 10.1. The highest BCUT2D eigenvalue weighted by Crippen LogP contribution is 2.15. The average molecular weight is 339 g/mol. The number of carbonyl (C=O) groups is 1. The predicted octanol–water partition coefficient (Wildman–Crippen LogP) is 2.58. The second kappa shape index (κ2) is 7.83. The Hall–Kier alpha value is -2.54. The lowest BCUT2D eigenvalue weighted by molar-refractivity contribution is 0.0843. The minimum atomic E-state index is -1.05. The molecule has 2 aromatic carbocycles. The molecule has 2 rings (SSSR count). The lowest BCUT2D eigenvalue weighted by Gasteiger charge is -2.13. The van der Waals surface area contributed by atoms with Crippen LogP contribution in [0.3, 0.4) is 0 Å². The molecular formula is C17H16F3NO3. The molecule has 0 spiro atoms. The Morgan fingerprint density at radius 3 is 2.50 bits per heavy atom. The minimum Gasteiger partial charge on any atom is -0.491 e. The zero-order valence-electron chi connectivity index (χ0n) is 12.9. The van der Waals surface area contributed by atoms with Gasteiger partial charge in [0.25, 0.3) is 5.91 Å². The highest BCUT2D eigenvalue weighted by atomic mass is 19.2. The summed E-state index contributed by atoms with van der Waals surface area (Å²) in [5.74, 6) is -2.86. The van der Waals surface area contributed by atoms with Crippen molar-refractivity contribution in [2.45, 2.75) is 13.0 Å². The summed E-state index contributed by atoms with van der Waals surface area (Å²) in [5, 5.41) is 12.2. The first-order chi connectivity index (χ1) is 11.4. The first-order valence-electron chi connectivity index (χ1n) is 7.17. The van der Waals surface area contributed by atoms with E-state index < -0.39 is 29.5 Å². The molecular weight excluding hydrogens is 323 g/mol. The molecule has 2 aromatic rings. The molecule has 0 aliphatic rings. The summed E-state index contributed by atoms with van der Waals surface area (Å²) >= 11 is 0. The van der Waals surface area contributed by atoms with Crippen molar-refractivity contribution in [3.8, 4) is 5.75 Å². The van der Waals surface area contributed by atoms with Gasteiger partial charge in [0.05, 0.1) is 0 Å². The number of rotatable bonds is 6. The number of hydrogen-bond donors (Lipinski definition) is 2. The molecule has 0 aliphatic carbocycles. The monoisotopic (exact) mass is 339 g/mol. The van der Waals surface area contributed by atoms with Crippen molar-refractivity contribution in [2.75, 3.05) is 13.2 Å². The van der Waals surface area contributed by atoms with E-state index in [2.05, 4.69) is 5.32 Å². The molecule has 1 unspecified atom stereocenters. The van der Waals surface area contributed by atoms with E-state index in [0.717, 1.165) is 12.1 Å². The van der Waals surface area contributed by atoms with Crippen molar-refractivity contribution in [1.29, 1.82) is 0 Å². The van der Waals surface area contributed by atoms with Crippen molar-refractivity contribution in [2.24, 2.45) is 0 Å². The van der Waals surface area contributed by atoms with Crippen LogP contribution in [0.25, 0.3) is 0 Å². The van der Waals surface area contributed by atoms with Crippen LogP contribution in [0, 0.1) is 24.4 Å². The minimum absolute atomic E-state index is 0.0634. The molecule has 0 aromatic heterocycles. The van der Waals surface area contributed by atoms with Gasteiger partial charge in [-0.3, -0.25) is 4.79 Å². The molecule has 24 heavy (non-hydrogen) atoms. The maximum Gasteiger partial charge on any atom is 0.251 e. The van der Waals surface area contributed by atoms with Crippen LogP contribution in [-0.2, 0) is 0 Å². The molecule has 0 heterocycles. The quantitative estimate of drug-likeness (QED) is 0.850. The summed E-state index contributed by atoms with van der Waals surface area (Å²) < 4.78 is 44.0. The molecule has 1 amide bonds. The summed E-state index contributed by atoms with van der Waals surface area (Å²) in [5.41, 5.74) is 0.604. The van der Waals surface area contributed by atoms with Crippen LogP contribution in [0.5, 0.6) is 5.75 Å². The van der Waals surface area contributed by atoms with E-state index in [4.69, 9.17) is 4.74 Å². The van der Waals surface area contributed by atoms with E-state index in [1.54, 1.807) is 0 Å². The van der Waals surface area contributed by atoms with Crippen LogP contribution >= 0.6 is 0 Å². The van der Waals surface area contributed by atoms with Gasteiger partial charge < -0.3 is 15.2 Å². The van der Waals surface area contributed by atoms with Gasteiger partial charge in [-0.15, -0.1) is 0 Å². The van der Waals surface area contributed by atoms with E-state index in [-0.39, 0.29) is 24.5 Å². The van der Waals surface area contributed by atoms with E-state index in [1.165, 1.54) is 31.2 Å². The number of carbonyl (C=O) groups excluding carboxylic acids is 1. The largest absolute Gasteiger partial charge is 0.491 e. The fourth-order valence-electron chi connectivity index (χ4n) is 1.92. The van der Waals surface area contributed by atoms with Crippen LogP contribution in [0.2, 0.25) is 0 Å². The van der Waals surface area contributed by atoms with Crippen molar-refractivity contribution in [3.05, 3.63) is 65.0 Å². The third kappa shape index (κ3) is 4.73. The third-order valence-corrected chi connectivity index (χ3v) is 3.25. The van der Waals surface area contributed by atoms with Gasteiger partial charge in [-0.2, -0.15) is 0 Å². The molecule has 2 N–H and O–H groups in total.